The lowest BCUT2D eigenvalue weighted by atomic mass is 10.1. The summed E-state index contributed by atoms with van der Waals surface area (Å²) in [6, 6.07) is 12.6. The first-order valence-corrected chi connectivity index (χ1v) is 8.04. The molecular weight excluding hydrogens is 326 g/mol. The zero-order chi connectivity index (χ0) is 17.1. The highest BCUT2D eigenvalue weighted by molar-refractivity contribution is 7.19. The normalized spacial score (nSPS) is 11.6. The number of aliphatic carboxylic acids is 1. The van der Waals surface area contributed by atoms with Crippen molar-refractivity contribution in [1.82, 2.24) is 4.98 Å². The van der Waals surface area contributed by atoms with Crippen LogP contribution in [-0.2, 0) is 4.79 Å². The zero-order valence-corrected chi connectivity index (χ0v) is 13.7. The van der Waals surface area contributed by atoms with Crippen LogP contribution in [0.5, 0.6) is 11.5 Å². The minimum absolute atomic E-state index is 0.0365. The van der Waals surface area contributed by atoms with Gasteiger partial charge in [0.1, 0.15) is 5.01 Å². The molecule has 122 valence electrons. The van der Waals surface area contributed by atoms with Crippen molar-refractivity contribution < 1.29 is 19.7 Å². The Hall–Kier alpha value is -2.86. The Morgan fingerprint density at radius 2 is 2.08 bits per heavy atom. The number of aromatic hydroxyl groups is 1. The molecule has 3 rings (SSSR count). The molecule has 3 aromatic rings. The summed E-state index contributed by atoms with van der Waals surface area (Å²) in [6.07, 6.45) is 1.62. The van der Waals surface area contributed by atoms with Crippen molar-refractivity contribution in [2.24, 2.45) is 0 Å². The van der Waals surface area contributed by atoms with E-state index in [9.17, 15) is 15.0 Å². The number of ether oxygens (including phenoxy) is 1. The van der Waals surface area contributed by atoms with E-state index in [0.717, 1.165) is 15.8 Å². The van der Waals surface area contributed by atoms with Crippen molar-refractivity contribution in [3.05, 3.63) is 53.0 Å². The molecule has 0 aliphatic carbocycles. The number of phenols is 1. The Kier molecular flexibility index (Phi) is 4.48. The van der Waals surface area contributed by atoms with Crippen molar-refractivity contribution in [1.29, 1.82) is 0 Å². The summed E-state index contributed by atoms with van der Waals surface area (Å²) < 4.78 is 6.10. The maximum atomic E-state index is 11.2. The Labute approximate surface area is 142 Å². The van der Waals surface area contributed by atoms with Crippen LogP contribution in [0.1, 0.15) is 17.0 Å². The highest BCUT2D eigenvalue weighted by atomic mass is 32.1. The number of methoxy groups -OCH3 is 1. The van der Waals surface area contributed by atoms with Crippen LogP contribution in [0.15, 0.2) is 42.5 Å². The minimum atomic E-state index is -0.925. The average Bonchev–Trinajstić information content (AvgIpc) is 2.99. The largest absolute Gasteiger partial charge is 0.504 e. The number of carbonyl (C=O) groups is 1. The summed E-state index contributed by atoms with van der Waals surface area (Å²) in [5.74, 6) is -0.552. The lowest BCUT2D eigenvalue weighted by Gasteiger charge is -2.05. The number of hydrogen-bond donors (Lipinski definition) is 2. The summed E-state index contributed by atoms with van der Waals surface area (Å²) in [7, 11) is 1.47. The molecule has 2 aromatic carbocycles. The summed E-state index contributed by atoms with van der Waals surface area (Å²) in [4.78, 5) is 15.8. The topological polar surface area (TPSA) is 79.7 Å². The molecule has 0 bridgehead atoms. The number of nitrogens with zero attached hydrogens (tertiary/aromatic N) is 1. The molecule has 0 unspecified atom stereocenters. The fraction of sp³-hybridized carbons (Fsp3) is 0.111. The third-order valence-corrected chi connectivity index (χ3v) is 4.57. The fourth-order valence-electron chi connectivity index (χ4n) is 2.35. The molecule has 24 heavy (non-hydrogen) atoms. The Bertz CT molecular complexity index is 897. The first kappa shape index (κ1) is 16.0. The standard InChI is InChI=1S/C18H15NO4S/c1-23-15-9-11(6-7-14(15)20)8-12(10-17(21)22)18-19-13-4-2-3-5-16(13)24-18/h2-9,20H,10H2,1H3,(H,21,22). The van der Waals surface area contributed by atoms with Gasteiger partial charge in [-0.25, -0.2) is 4.98 Å². The van der Waals surface area contributed by atoms with Gasteiger partial charge in [-0.15, -0.1) is 11.3 Å². The number of carboxylic acids is 1. The highest BCUT2D eigenvalue weighted by Gasteiger charge is 2.13. The van der Waals surface area contributed by atoms with E-state index in [1.54, 1.807) is 18.2 Å². The molecule has 2 N–H and O–H groups in total. The molecule has 6 heteroatoms. The van der Waals surface area contributed by atoms with E-state index in [1.807, 2.05) is 24.3 Å². The molecule has 5 nitrogen and oxygen atoms in total. The molecule has 0 saturated carbocycles. The van der Waals surface area contributed by atoms with Crippen molar-refractivity contribution in [2.75, 3.05) is 7.11 Å². The van der Waals surface area contributed by atoms with E-state index in [-0.39, 0.29) is 12.2 Å². The smallest absolute Gasteiger partial charge is 0.307 e. The Balaban J connectivity index is 2.07. The quantitative estimate of drug-likeness (QED) is 0.732. The van der Waals surface area contributed by atoms with Crippen LogP contribution in [0.4, 0.5) is 0 Å². The first-order valence-electron chi connectivity index (χ1n) is 7.22. The predicted octanol–water partition coefficient (Wildman–Crippen LogP) is 4.03. The van der Waals surface area contributed by atoms with Gasteiger partial charge in [0.2, 0.25) is 0 Å². The van der Waals surface area contributed by atoms with Gasteiger partial charge in [-0.2, -0.15) is 0 Å². The van der Waals surface area contributed by atoms with E-state index < -0.39 is 5.97 Å². The average molecular weight is 341 g/mol. The Morgan fingerprint density at radius 1 is 1.29 bits per heavy atom. The van der Waals surface area contributed by atoms with Crippen molar-refractivity contribution in [2.45, 2.75) is 6.42 Å². The molecule has 0 saturated heterocycles. The van der Waals surface area contributed by atoms with Gasteiger partial charge in [0.25, 0.3) is 0 Å². The molecule has 1 aromatic heterocycles. The SMILES string of the molecule is COc1cc(C=C(CC(=O)O)c2nc3ccccc3s2)ccc1O. The van der Waals surface area contributed by atoms with E-state index in [1.165, 1.54) is 24.5 Å². The number of fused-ring (bicyclic) bond motifs is 1. The molecule has 0 fully saturated rings. The van der Waals surface area contributed by atoms with Crippen LogP contribution in [0.25, 0.3) is 21.9 Å². The van der Waals surface area contributed by atoms with Crippen LogP contribution in [0.3, 0.4) is 0 Å². The molecule has 0 aliphatic heterocycles. The molecule has 0 aliphatic rings. The van der Waals surface area contributed by atoms with Crippen LogP contribution >= 0.6 is 11.3 Å². The van der Waals surface area contributed by atoms with Crippen LogP contribution in [0.2, 0.25) is 0 Å². The molecule has 0 spiro atoms. The number of rotatable bonds is 5. The number of phenolic OH excluding ortho intramolecular Hbond substituents is 1. The van der Waals surface area contributed by atoms with Crippen LogP contribution in [0, 0.1) is 0 Å². The van der Waals surface area contributed by atoms with E-state index in [2.05, 4.69) is 4.98 Å². The van der Waals surface area contributed by atoms with Gasteiger partial charge in [0.15, 0.2) is 11.5 Å². The van der Waals surface area contributed by atoms with Crippen LogP contribution in [-0.4, -0.2) is 28.3 Å². The second-order valence-corrected chi connectivity index (χ2v) is 6.19. The summed E-state index contributed by atoms with van der Waals surface area (Å²) in [5, 5.41) is 19.6. The number of para-hydroxylation sites is 1. The lowest BCUT2D eigenvalue weighted by molar-refractivity contribution is -0.135. The molecule has 0 atom stereocenters. The van der Waals surface area contributed by atoms with E-state index in [4.69, 9.17) is 4.74 Å². The summed E-state index contributed by atoms with van der Waals surface area (Å²) in [5.41, 5.74) is 2.19. The van der Waals surface area contributed by atoms with Crippen molar-refractivity contribution in [3.63, 3.8) is 0 Å². The molecular formula is C18H15NO4S. The van der Waals surface area contributed by atoms with Gasteiger partial charge in [-0.3, -0.25) is 4.79 Å². The van der Waals surface area contributed by atoms with Gasteiger partial charge in [0, 0.05) is 0 Å². The summed E-state index contributed by atoms with van der Waals surface area (Å²) in [6.45, 7) is 0. The third kappa shape index (κ3) is 3.38. The maximum absolute atomic E-state index is 11.2. The molecule has 0 amide bonds. The highest BCUT2D eigenvalue weighted by Crippen LogP contribution is 2.32. The third-order valence-electron chi connectivity index (χ3n) is 3.45. The van der Waals surface area contributed by atoms with Crippen molar-refractivity contribution in [3.8, 4) is 11.5 Å². The minimum Gasteiger partial charge on any atom is -0.504 e. The maximum Gasteiger partial charge on any atom is 0.307 e. The van der Waals surface area contributed by atoms with Gasteiger partial charge in [0.05, 0.1) is 23.7 Å². The number of hydrogen-bond acceptors (Lipinski definition) is 5. The van der Waals surface area contributed by atoms with Gasteiger partial charge in [-0.05, 0) is 41.5 Å². The number of thiazole rings is 1. The predicted molar refractivity (Wildman–Crippen MR) is 94.4 cm³/mol. The zero-order valence-electron chi connectivity index (χ0n) is 12.9. The second-order valence-electron chi connectivity index (χ2n) is 5.16. The molecule has 1 heterocycles. The number of carboxylic acid groups (broad SMARTS) is 1. The number of benzene rings is 2. The van der Waals surface area contributed by atoms with Gasteiger partial charge in [-0.1, -0.05) is 18.2 Å². The van der Waals surface area contributed by atoms with Gasteiger partial charge >= 0.3 is 5.97 Å². The monoisotopic (exact) mass is 341 g/mol. The van der Waals surface area contributed by atoms with Crippen LogP contribution < -0.4 is 4.74 Å². The van der Waals surface area contributed by atoms with Gasteiger partial charge < -0.3 is 14.9 Å². The number of aromatic nitrogens is 1. The van der Waals surface area contributed by atoms with E-state index in [0.29, 0.717) is 16.3 Å². The second kappa shape index (κ2) is 6.72. The Morgan fingerprint density at radius 3 is 2.79 bits per heavy atom. The first-order chi connectivity index (χ1) is 11.6. The van der Waals surface area contributed by atoms with Crippen molar-refractivity contribution >= 4 is 39.2 Å². The fourth-order valence-corrected chi connectivity index (χ4v) is 3.33. The van der Waals surface area contributed by atoms with E-state index >= 15 is 0 Å². The molecule has 0 radical (unpaired) electrons. The lowest BCUT2D eigenvalue weighted by Crippen LogP contribution is -1.97. The summed E-state index contributed by atoms with van der Waals surface area (Å²) >= 11 is 1.46.